The molecule has 0 spiro atoms. The lowest BCUT2D eigenvalue weighted by Crippen LogP contribution is -2.50. The van der Waals surface area contributed by atoms with Gasteiger partial charge in [-0.2, -0.15) is 17.4 Å². The van der Waals surface area contributed by atoms with Crippen LogP contribution in [0.3, 0.4) is 0 Å². The van der Waals surface area contributed by atoms with E-state index >= 15 is 0 Å². The minimum absolute atomic E-state index is 0.119. The summed E-state index contributed by atoms with van der Waals surface area (Å²) in [6, 6.07) is -0.119. The monoisotopic (exact) mass is 363 g/mol. The molecule has 0 aliphatic carbocycles. The fourth-order valence-electron chi connectivity index (χ4n) is 2.70. The van der Waals surface area contributed by atoms with Crippen molar-refractivity contribution in [2.24, 2.45) is 0 Å². The molecule has 1 heterocycles. The van der Waals surface area contributed by atoms with Crippen molar-refractivity contribution in [1.82, 2.24) is 13.9 Å². The third-order valence-electron chi connectivity index (χ3n) is 4.20. The summed E-state index contributed by atoms with van der Waals surface area (Å²) < 4.78 is 34.7. The van der Waals surface area contributed by atoms with Crippen LogP contribution in [0.2, 0.25) is 0 Å². The fourth-order valence-corrected chi connectivity index (χ4v) is 4.25. The first-order valence-corrected chi connectivity index (χ1v) is 10.6. The highest BCUT2D eigenvalue weighted by atomic mass is 32.2. The number of ether oxygens (including phenoxy) is 1. The molecule has 0 saturated carbocycles. The number of hydrogen-bond acceptors (Lipinski definition) is 4. The Morgan fingerprint density at radius 1 is 1.12 bits per heavy atom. The number of carbonyl (C=O) groups excluding carboxylic acids is 1. The van der Waals surface area contributed by atoms with E-state index in [0.29, 0.717) is 45.6 Å². The summed E-state index contributed by atoms with van der Waals surface area (Å²) in [5.74, 6) is 0. The van der Waals surface area contributed by atoms with E-state index in [1.54, 1.807) is 16.1 Å². The highest BCUT2D eigenvalue weighted by molar-refractivity contribution is 7.87. The molecule has 0 bridgehead atoms. The highest BCUT2D eigenvalue weighted by Gasteiger charge is 2.29. The molecule has 1 amide bonds. The highest BCUT2D eigenvalue weighted by Crippen LogP contribution is 2.14. The van der Waals surface area contributed by atoms with E-state index in [9.17, 15) is 13.2 Å². The van der Waals surface area contributed by atoms with E-state index < -0.39 is 10.2 Å². The fraction of sp³-hybridized carbons (Fsp3) is 0.938. The van der Waals surface area contributed by atoms with Crippen molar-refractivity contribution in [3.63, 3.8) is 0 Å². The molecule has 142 valence electrons. The van der Waals surface area contributed by atoms with Crippen LogP contribution in [-0.4, -0.2) is 62.5 Å². The van der Waals surface area contributed by atoms with Gasteiger partial charge in [-0.3, -0.25) is 0 Å². The summed E-state index contributed by atoms with van der Waals surface area (Å²) in [5, 5.41) is 0. The van der Waals surface area contributed by atoms with Crippen LogP contribution in [0.1, 0.15) is 59.3 Å². The van der Waals surface area contributed by atoms with Crippen molar-refractivity contribution in [2.45, 2.75) is 65.3 Å². The predicted molar refractivity (Wildman–Crippen MR) is 95.1 cm³/mol. The average Bonchev–Trinajstić information content (AvgIpc) is 2.55. The van der Waals surface area contributed by atoms with Gasteiger partial charge >= 0.3 is 6.09 Å². The summed E-state index contributed by atoms with van der Waals surface area (Å²) in [6.45, 7) is 8.42. The van der Waals surface area contributed by atoms with Crippen LogP contribution in [0, 0.1) is 0 Å². The van der Waals surface area contributed by atoms with Gasteiger partial charge < -0.3 is 9.64 Å². The molecular weight excluding hydrogens is 330 g/mol. The maximum Gasteiger partial charge on any atom is 0.409 e. The van der Waals surface area contributed by atoms with Gasteiger partial charge in [0, 0.05) is 32.2 Å². The van der Waals surface area contributed by atoms with Crippen molar-refractivity contribution in [3.05, 3.63) is 0 Å². The lowest BCUT2D eigenvalue weighted by atomic mass is 10.1. The number of unbranched alkanes of at least 4 members (excludes halogenated alkanes) is 2. The Balaban J connectivity index is 2.54. The Kier molecular flexibility index (Phi) is 9.61. The number of likely N-dealkylation sites (tertiary alicyclic amines) is 1. The van der Waals surface area contributed by atoms with Crippen LogP contribution in [0.4, 0.5) is 4.79 Å². The first-order valence-electron chi connectivity index (χ1n) is 9.13. The predicted octanol–water partition coefficient (Wildman–Crippen LogP) is 2.34. The molecular formula is C16H33N3O4S. The number of amides is 1. The number of piperidine rings is 1. The van der Waals surface area contributed by atoms with Crippen LogP contribution in [0.25, 0.3) is 0 Å². The third kappa shape index (κ3) is 6.94. The molecule has 8 heteroatoms. The Morgan fingerprint density at radius 2 is 1.67 bits per heavy atom. The number of rotatable bonds is 10. The van der Waals surface area contributed by atoms with Gasteiger partial charge in [-0.25, -0.2) is 4.79 Å². The molecule has 1 fully saturated rings. The molecule has 1 aliphatic rings. The van der Waals surface area contributed by atoms with E-state index in [-0.39, 0.29) is 12.1 Å². The molecule has 1 N–H and O–H groups in total. The maximum absolute atomic E-state index is 12.6. The summed E-state index contributed by atoms with van der Waals surface area (Å²) >= 11 is 0. The zero-order valence-electron chi connectivity index (χ0n) is 15.3. The molecule has 7 nitrogen and oxygen atoms in total. The molecule has 1 saturated heterocycles. The minimum Gasteiger partial charge on any atom is -0.450 e. The lowest BCUT2D eigenvalue weighted by molar-refractivity contribution is 0.0965. The summed E-state index contributed by atoms with van der Waals surface area (Å²) in [5.41, 5.74) is 0. The molecule has 0 atom stereocenters. The molecule has 0 radical (unpaired) electrons. The van der Waals surface area contributed by atoms with Gasteiger partial charge in [0.2, 0.25) is 0 Å². The number of nitrogens with one attached hydrogen (secondary N) is 1. The average molecular weight is 364 g/mol. The summed E-state index contributed by atoms with van der Waals surface area (Å²) in [6.07, 6.45) is 4.59. The van der Waals surface area contributed by atoms with Gasteiger partial charge in [-0.1, -0.05) is 26.7 Å². The Labute approximate surface area is 146 Å². The minimum atomic E-state index is -3.47. The van der Waals surface area contributed by atoms with Crippen LogP contribution >= 0.6 is 0 Å². The third-order valence-corrected chi connectivity index (χ3v) is 5.87. The Bertz CT molecular complexity index is 454. The number of nitrogens with zero attached hydrogens (tertiary/aromatic N) is 2. The smallest absolute Gasteiger partial charge is 0.409 e. The summed E-state index contributed by atoms with van der Waals surface area (Å²) in [4.78, 5) is 13.3. The molecule has 24 heavy (non-hydrogen) atoms. The van der Waals surface area contributed by atoms with E-state index in [2.05, 4.69) is 18.6 Å². The van der Waals surface area contributed by atoms with Crippen LogP contribution < -0.4 is 4.72 Å². The normalized spacial score (nSPS) is 16.6. The quantitative estimate of drug-likeness (QED) is 0.646. The number of carbonyl (C=O) groups is 1. The van der Waals surface area contributed by atoms with Crippen molar-refractivity contribution in [2.75, 3.05) is 32.8 Å². The standard InChI is InChI=1S/C16H33N3O4S/c1-4-7-11-19(12-8-5-2)24(21,22)17-15-9-13-18(14-10-15)16(20)23-6-3/h15,17H,4-14H2,1-3H3. The van der Waals surface area contributed by atoms with E-state index in [1.807, 2.05) is 0 Å². The van der Waals surface area contributed by atoms with Crippen LogP contribution in [0.15, 0.2) is 0 Å². The second-order valence-corrected chi connectivity index (χ2v) is 7.89. The van der Waals surface area contributed by atoms with Gasteiger partial charge in [0.25, 0.3) is 10.2 Å². The second-order valence-electron chi connectivity index (χ2n) is 6.19. The van der Waals surface area contributed by atoms with Crippen molar-refractivity contribution < 1.29 is 17.9 Å². The van der Waals surface area contributed by atoms with Gasteiger partial charge in [0.1, 0.15) is 0 Å². The molecule has 0 aromatic heterocycles. The topological polar surface area (TPSA) is 79.0 Å². The van der Waals surface area contributed by atoms with Gasteiger partial charge in [-0.05, 0) is 32.6 Å². The van der Waals surface area contributed by atoms with E-state index in [0.717, 1.165) is 25.7 Å². The van der Waals surface area contributed by atoms with E-state index in [4.69, 9.17) is 4.74 Å². The van der Waals surface area contributed by atoms with Crippen molar-refractivity contribution in [1.29, 1.82) is 0 Å². The van der Waals surface area contributed by atoms with Crippen molar-refractivity contribution >= 4 is 16.3 Å². The van der Waals surface area contributed by atoms with Crippen molar-refractivity contribution in [3.8, 4) is 0 Å². The molecule has 0 unspecified atom stereocenters. The van der Waals surface area contributed by atoms with Crippen LogP contribution in [0.5, 0.6) is 0 Å². The van der Waals surface area contributed by atoms with Gasteiger partial charge in [0.05, 0.1) is 6.61 Å². The zero-order valence-corrected chi connectivity index (χ0v) is 16.1. The van der Waals surface area contributed by atoms with E-state index in [1.165, 1.54) is 0 Å². The first kappa shape index (κ1) is 21.2. The van der Waals surface area contributed by atoms with Gasteiger partial charge in [-0.15, -0.1) is 0 Å². The Morgan fingerprint density at radius 3 is 2.12 bits per heavy atom. The lowest BCUT2D eigenvalue weighted by Gasteiger charge is -2.33. The molecule has 1 rings (SSSR count). The molecule has 0 aromatic rings. The zero-order chi connectivity index (χ0) is 18.0. The SMILES string of the molecule is CCCCN(CCCC)S(=O)(=O)NC1CCN(C(=O)OCC)CC1. The summed E-state index contributed by atoms with van der Waals surface area (Å²) in [7, 11) is -3.47. The molecule has 0 aromatic carbocycles. The maximum atomic E-state index is 12.6. The second kappa shape index (κ2) is 10.9. The number of hydrogen-bond donors (Lipinski definition) is 1. The first-order chi connectivity index (χ1) is 11.4. The Hall–Kier alpha value is -0.860. The molecule has 1 aliphatic heterocycles. The largest absolute Gasteiger partial charge is 0.450 e. The van der Waals surface area contributed by atoms with Gasteiger partial charge in [0.15, 0.2) is 0 Å². The van der Waals surface area contributed by atoms with Crippen LogP contribution in [-0.2, 0) is 14.9 Å².